The fourth-order valence-corrected chi connectivity index (χ4v) is 5.10. The van der Waals surface area contributed by atoms with Crippen LogP contribution in [-0.2, 0) is 6.42 Å². The van der Waals surface area contributed by atoms with Gasteiger partial charge < -0.3 is 15.5 Å². The van der Waals surface area contributed by atoms with Gasteiger partial charge in [-0.15, -0.1) is 11.3 Å². The normalized spacial score (nSPS) is 18.3. The Morgan fingerprint density at radius 3 is 2.83 bits per heavy atom. The Balaban J connectivity index is 1.40. The molecule has 1 aromatic heterocycles. The third kappa shape index (κ3) is 3.93. The van der Waals surface area contributed by atoms with Gasteiger partial charge in [0.05, 0.1) is 16.9 Å². The van der Waals surface area contributed by atoms with E-state index in [1.807, 2.05) is 11.3 Å². The minimum absolute atomic E-state index is 0.473. The van der Waals surface area contributed by atoms with Crippen molar-refractivity contribution < 1.29 is 0 Å². The summed E-state index contributed by atoms with van der Waals surface area (Å²) >= 11 is 1.81. The van der Waals surface area contributed by atoms with Crippen molar-refractivity contribution in [2.24, 2.45) is 4.99 Å². The lowest BCUT2D eigenvalue weighted by atomic mass is 10.0. The molecule has 0 spiro atoms. The Kier molecular flexibility index (Phi) is 5.08. The lowest BCUT2D eigenvalue weighted by molar-refractivity contribution is 0.282. The minimum Gasteiger partial charge on any atom is -0.353 e. The van der Waals surface area contributed by atoms with Gasteiger partial charge in [0, 0.05) is 30.6 Å². The summed E-state index contributed by atoms with van der Waals surface area (Å²) in [5.41, 5.74) is 4.74. The number of piperazine rings is 1. The van der Waals surface area contributed by atoms with Crippen molar-refractivity contribution in [3.05, 3.63) is 76.7 Å². The number of benzene rings is 2. The first-order valence-electron chi connectivity index (χ1n) is 10.3. The first-order chi connectivity index (χ1) is 14.3. The molecule has 1 unspecified atom stereocenters. The van der Waals surface area contributed by atoms with Crippen molar-refractivity contribution in [3.63, 3.8) is 0 Å². The van der Waals surface area contributed by atoms with Crippen LogP contribution in [0.25, 0.3) is 0 Å². The Labute approximate surface area is 176 Å². The van der Waals surface area contributed by atoms with Crippen LogP contribution in [-0.4, -0.2) is 36.4 Å². The molecule has 0 saturated carbocycles. The van der Waals surface area contributed by atoms with Crippen molar-refractivity contribution in [1.82, 2.24) is 10.2 Å². The molecule has 1 fully saturated rings. The molecule has 2 aliphatic heterocycles. The van der Waals surface area contributed by atoms with E-state index in [9.17, 15) is 0 Å². The number of aryl methyl sites for hydroxylation is 2. The largest absolute Gasteiger partial charge is 0.353 e. The van der Waals surface area contributed by atoms with Crippen LogP contribution in [0.4, 0.5) is 16.4 Å². The van der Waals surface area contributed by atoms with E-state index >= 15 is 0 Å². The highest BCUT2D eigenvalue weighted by molar-refractivity contribution is 7.16. The monoisotopic (exact) mass is 402 g/mol. The third-order valence-corrected chi connectivity index (χ3v) is 6.62. The summed E-state index contributed by atoms with van der Waals surface area (Å²) in [5.74, 6) is 1.10. The number of amidine groups is 1. The average molecular weight is 403 g/mol. The van der Waals surface area contributed by atoms with Gasteiger partial charge in [0.2, 0.25) is 0 Å². The number of fused-ring (bicyclic) bond motifs is 2. The van der Waals surface area contributed by atoms with Gasteiger partial charge in [-0.25, -0.2) is 4.99 Å². The number of thiophene rings is 1. The summed E-state index contributed by atoms with van der Waals surface area (Å²) in [6.45, 7) is 5.14. The minimum atomic E-state index is 0.473. The quantitative estimate of drug-likeness (QED) is 0.640. The maximum Gasteiger partial charge on any atom is 0.139 e. The van der Waals surface area contributed by atoms with Crippen LogP contribution in [0, 0.1) is 6.92 Å². The van der Waals surface area contributed by atoms with E-state index in [0.29, 0.717) is 6.04 Å². The van der Waals surface area contributed by atoms with Crippen LogP contribution in [0.2, 0.25) is 0 Å². The smallest absolute Gasteiger partial charge is 0.139 e. The number of para-hydroxylation sites is 2. The average Bonchev–Trinajstić information content (AvgIpc) is 3.04. The molecular weight excluding hydrogens is 376 g/mol. The van der Waals surface area contributed by atoms with Gasteiger partial charge in [0.15, 0.2) is 0 Å². The van der Waals surface area contributed by atoms with Gasteiger partial charge in [-0.05, 0) is 43.5 Å². The summed E-state index contributed by atoms with van der Waals surface area (Å²) in [6.07, 6.45) is 2.24. The standard InChI is InChI=1S/C24H26N4S/c1-17-15-20-23(26-21-9-5-6-10-22(21)27-24(20)29-17)28-14-13-25-19(16-28)12-11-18-7-3-2-4-8-18/h2-10,15,19,25,27H,11-14,16H2,1H3. The van der Waals surface area contributed by atoms with E-state index in [2.05, 4.69) is 83.1 Å². The summed E-state index contributed by atoms with van der Waals surface area (Å²) < 4.78 is 0. The van der Waals surface area contributed by atoms with Gasteiger partial charge in [-0.2, -0.15) is 0 Å². The predicted molar refractivity (Wildman–Crippen MR) is 123 cm³/mol. The fourth-order valence-electron chi connectivity index (χ4n) is 4.18. The zero-order chi connectivity index (χ0) is 19.6. The van der Waals surface area contributed by atoms with Crippen LogP contribution in [0.1, 0.15) is 22.4 Å². The number of nitrogens with zero attached hydrogens (tertiary/aromatic N) is 2. The van der Waals surface area contributed by atoms with E-state index in [1.54, 1.807) is 0 Å². The van der Waals surface area contributed by atoms with Crippen LogP contribution in [0.3, 0.4) is 0 Å². The Morgan fingerprint density at radius 2 is 1.93 bits per heavy atom. The Hall–Kier alpha value is -2.63. The molecule has 0 amide bonds. The van der Waals surface area contributed by atoms with E-state index in [4.69, 9.17) is 4.99 Å². The van der Waals surface area contributed by atoms with Crippen molar-refractivity contribution in [2.75, 3.05) is 25.0 Å². The number of hydrogen-bond acceptors (Lipinski definition) is 5. The van der Waals surface area contributed by atoms with Crippen molar-refractivity contribution in [3.8, 4) is 0 Å². The number of anilines is 2. The van der Waals surface area contributed by atoms with E-state index < -0.39 is 0 Å². The molecule has 2 N–H and O–H groups in total. The molecule has 1 atom stereocenters. The molecule has 29 heavy (non-hydrogen) atoms. The number of nitrogens with one attached hydrogen (secondary N) is 2. The molecule has 4 nitrogen and oxygen atoms in total. The number of hydrogen-bond donors (Lipinski definition) is 2. The van der Waals surface area contributed by atoms with Gasteiger partial charge in [-0.3, -0.25) is 0 Å². The van der Waals surface area contributed by atoms with E-state index in [-0.39, 0.29) is 0 Å². The van der Waals surface area contributed by atoms with Crippen LogP contribution < -0.4 is 10.6 Å². The summed E-state index contributed by atoms with van der Waals surface area (Å²) in [5, 5.41) is 8.52. The molecule has 5 rings (SSSR count). The zero-order valence-corrected chi connectivity index (χ0v) is 17.5. The molecule has 0 aliphatic carbocycles. The van der Waals surface area contributed by atoms with Gasteiger partial charge >= 0.3 is 0 Å². The first kappa shape index (κ1) is 18.4. The van der Waals surface area contributed by atoms with Crippen molar-refractivity contribution >= 4 is 33.5 Å². The van der Waals surface area contributed by atoms with Gasteiger partial charge in [0.1, 0.15) is 10.8 Å². The molecule has 1 saturated heterocycles. The van der Waals surface area contributed by atoms with Crippen LogP contribution >= 0.6 is 11.3 Å². The maximum absolute atomic E-state index is 5.13. The second kappa shape index (κ2) is 8.01. The summed E-state index contributed by atoms with van der Waals surface area (Å²) in [4.78, 5) is 8.91. The summed E-state index contributed by atoms with van der Waals surface area (Å²) in [7, 11) is 0. The number of aliphatic imine (C=N–C) groups is 1. The lowest BCUT2D eigenvalue weighted by Crippen LogP contribution is -2.52. The van der Waals surface area contributed by atoms with E-state index in [1.165, 1.54) is 21.0 Å². The van der Waals surface area contributed by atoms with Crippen molar-refractivity contribution in [1.29, 1.82) is 0 Å². The fraction of sp³-hybridized carbons (Fsp3) is 0.292. The lowest BCUT2D eigenvalue weighted by Gasteiger charge is -2.36. The molecule has 3 heterocycles. The maximum atomic E-state index is 5.13. The highest BCUT2D eigenvalue weighted by Crippen LogP contribution is 2.39. The SMILES string of the molecule is Cc1cc2c(s1)Nc1ccccc1N=C2N1CCNC(CCc2ccccc2)C1. The second-order valence-electron chi connectivity index (χ2n) is 7.80. The first-order valence-corrected chi connectivity index (χ1v) is 11.2. The zero-order valence-electron chi connectivity index (χ0n) is 16.7. The molecule has 3 aromatic rings. The second-order valence-corrected chi connectivity index (χ2v) is 9.06. The third-order valence-electron chi connectivity index (χ3n) is 5.65. The Bertz CT molecular complexity index is 1020. The van der Waals surface area contributed by atoms with E-state index in [0.717, 1.165) is 49.7 Å². The van der Waals surface area contributed by atoms with Crippen LogP contribution in [0.15, 0.2) is 65.7 Å². The Morgan fingerprint density at radius 1 is 1.10 bits per heavy atom. The molecule has 2 aliphatic rings. The van der Waals surface area contributed by atoms with Crippen molar-refractivity contribution in [2.45, 2.75) is 25.8 Å². The highest BCUT2D eigenvalue weighted by atomic mass is 32.1. The number of rotatable bonds is 3. The summed E-state index contributed by atoms with van der Waals surface area (Å²) in [6, 6.07) is 21.9. The highest BCUT2D eigenvalue weighted by Gasteiger charge is 2.27. The molecular formula is C24H26N4S. The van der Waals surface area contributed by atoms with Gasteiger partial charge in [0.25, 0.3) is 0 Å². The molecule has 2 aromatic carbocycles. The molecule has 148 valence electrons. The molecule has 0 radical (unpaired) electrons. The molecule has 5 heteroatoms. The predicted octanol–water partition coefficient (Wildman–Crippen LogP) is 5.10. The topological polar surface area (TPSA) is 39.7 Å². The molecule has 0 bridgehead atoms. The van der Waals surface area contributed by atoms with Crippen LogP contribution in [0.5, 0.6) is 0 Å². The van der Waals surface area contributed by atoms with Gasteiger partial charge in [-0.1, -0.05) is 42.5 Å².